The molecule has 0 aliphatic rings. The van der Waals surface area contributed by atoms with E-state index >= 15 is 0 Å². The Labute approximate surface area is 141 Å². The van der Waals surface area contributed by atoms with Gasteiger partial charge in [-0.15, -0.1) is 0 Å². The van der Waals surface area contributed by atoms with Crippen LogP contribution in [0.1, 0.15) is 21.5 Å². The molecule has 6 heteroatoms. The number of benzene rings is 2. The van der Waals surface area contributed by atoms with Crippen molar-refractivity contribution in [3.63, 3.8) is 0 Å². The second-order valence-electron chi connectivity index (χ2n) is 5.13. The first-order chi connectivity index (χ1) is 11.5. The minimum absolute atomic E-state index is 0.277. The lowest BCUT2D eigenvalue weighted by Crippen LogP contribution is -2.07. The summed E-state index contributed by atoms with van der Waals surface area (Å²) in [7, 11) is 4.69. The van der Waals surface area contributed by atoms with Crippen LogP contribution in [0, 0.1) is 6.92 Å². The van der Waals surface area contributed by atoms with Crippen molar-refractivity contribution in [3.05, 3.63) is 47.0 Å². The van der Waals surface area contributed by atoms with Crippen LogP contribution < -0.4 is 19.5 Å². The lowest BCUT2D eigenvalue weighted by molar-refractivity contribution is 0.0696. The van der Waals surface area contributed by atoms with E-state index in [-0.39, 0.29) is 5.56 Å². The fourth-order valence-electron chi connectivity index (χ4n) is 2.55. The molecule has 2 aromatic carbocycles. The zero-order chi connectivity index (χ0) is 17.7. The molecule has 0 aliphatic heterocycles. The molecule has 128 valence electrons. The molecule has 0 amide bonds. The smallest absolute Gasteiger partial charge is 0.336 e. The van der Waals surface area contributed by atoms with Gasteiger partial charge in [-0.25, -0.2) is 4.79 Å². The molecule has 24 heavy (non-hydrogen) atoms. The SMILES string of the molecule is COc1ccc(CNc2cccc(C(=O)O)c2C)c(OC)c1OC. The third kappa shape index (κ3) is 3.37. The number of aromatic carboxylic acids is 1. The van der Waals surface area contributed by atoms with E-state index in [1.165, 1.54) is 0 Å². The number of methoxy groups -OCH3 is 3. The number of ether oxygens (including phenoxy) is 3. The molecule has 0 aliphatic carbocycles. The van der Waals surface area contributed by atoms with Crippen LogP contribution in [-0.2, 0) is 6.54 Å². The van der Waals surface area contributed by atoms with Crippen molar-refractivity contribution >= 4 is 11.7 Å². The minimum atomic E-state index is -0.945. The minimum Gasteiger partial charge on any atom is -0.493 e. The number of anilines is 1. The van der Waals surface area contributed by atoms with E-state index in [0.717, 1.165) is 11.3 Å². The number of carbonyl (C=O) groups is 1. The summed E-state index contributed by atoms with van der Waals surface area (Å²) in [6.45, 7) is 2.23. The largest absolute Gasteiger partial charge is 0.493 e. The van der Waals surface area contributed by atoms with Crippen molar-refractivity contribution < 1.29 is 24.1 Å². The molecular weight excluding hydrogens is 310 g/mol. The van der Waals surface area contributed by atoms with E-state index in [0.29, 0.717) is 29.4 Å². The Balaban J connectivity index is 2.30. The summed E-state index contributed by atoms with van der Waals surface area (Å²) in [6.07, 6.45) is 0. The second kappa shape index (κ2) is 7.59. The van der Waals surface area contributed by atoms with Crippen LogP contribution in [0.5, 0.6) is 17.2 Å². The van der Waals surface area contributed by atoms with Crippen molar-refractivity contribution in [1.29, 1.82) is 0 Å². The highest BCUT2D eigenvalue weighted by molar-refractivity contribution is 5.91. The number of rotatable bonds is 7. The van der Waals surface area contributed by atoms with Crippen LogP contribution in [0.2, 0.25) is 0 Å². The molecule has 0 saturated carbocycles. The summed E-state index contributed by atoms with van der Waals surface area (Å²) >= 11 is 0. The van der Waals surface area contributed by atoms with E-state index in [9.17, 15) is 9.90 Å². The summed E-state index contributed by atoms with van der Waals surface area (Å²) < 4.78 is 16.1. The first-order valence-corrected chi connectivity index (χ1v) is 7.38. The molecular formula is C18H21NO5. The van der Waals surface area contributed by atoms with E-state index < -0.39 is 5.97 Å². The first kappa shape index (κ1) is 17.5. The number of nitrogens with one attached hydrogen (secondary N) is 1. The van der Waals surface area contributed by atoms with Gasteiger partial charge in [-0.2, -0.15) is 0 Å². The average molecular weight is 331 g/mol. The van der Waals surface area contributed by atoms with Crippen molar-refractivity contribution in [3.8, 4) is 17.2 Å². The summed E-state index contributed by atoms with van der Waals surface area (Å²) in [5, 5.41) is 12.5. The van der Waals surface area contributed by atoms with Crippen LogP contribution in [0.3, 0.4) is 0 Å². The van der Waals surface area contributed by atoms with Gasteiger partial charge in [0.1, 0.15) is 0 Å². The van der Waals surface area contributed by atoms with E-state index in [1.54, 1.807) is 46.5 Å². The molecule has 2 N–H and O–H groups in total. The molecule has 0 atom stereocenters. The van der Waals surface area contributed by atoms with Crippen molar-refractivity contribution in [2.24, 2.45) is 0 Å². The Kier molecular flexibility index (Phi) is 5.52. The molecule has 0 saturated heterocycles. The highest BCUT2D eigenvalue weighted by Gasteiger charge is 2.16. The quantitative estimate of drug-likeness (QED) is 0.810. The van der Waals surface area contributed by atoms with E-state index in [4.69, 9.17) is 14.2 Å². The van der Waals surface area contributed by atoms with Gasteiger partial charge in [0, 0.05) is 17.8 Å². The average Bonchev–Trinajstić information content (AvgIpc) is 2.59. The van der Waals surface area contributed by atoms with Gasteiger partial charge in [-0.05, 0) is 36.8 Å². The summed E-state index contributed by atoms with van der Waals surface area (Å²) in [6, 6.07) is 8.82. The van der Waals surface area contributed by atoms with Crippen LogP contribution in [-0.4, -0.2) is 32.4 Å². The lowest BCUT2D eigenvalue weighted by Gasteiger charge is -2.17. The van der Waals surface area contributed by atoms with Gasteiger partial charge in [0.05, 0.1) is 26.9 Å². The summed E-state index contributed by atoms with van der Waals surface area (Å²) in [5.41, 5.74) is 2.59. The molecule has 6 nitrogen and oxygen atoms in total. The lowest BCUT2D eigenvalue weighted by atomic mass is 10.1. The second-order valence-corrected chi connectivity index (χ2v) is 5.13. The van der Waals surface area contributed by atoms with E-state index in [1.807, 2.05) is 12.1 Å². The highest BCUT2D eigenvalue weighted by atomic mass is 16.5. The fourth-order valence-corrected chi connectivity index (χ4v) is 2.55. The maximum atomic E-state index is 11.2. The first-order valence-electron chi connectivity index (χ1n) is 7.38. The number of hydrogen-bond donors (Lipinski definition) is 2. The number of hydrogen-bond acceptors (Lipinski definition) is 5. The van der Waals surface area contributed by atoms with Gasteiger partial charge in [0.25, 0.3) is 0 Å². The molecule has 0 fully saturated rings. The molecule has 0 spiro atoms. The number of carboxylic acid groups (broad SMARTS) is 1. The van der Waals surface area contributed by atoms with Crippen molar-refractivity contribution in [2.75, 3.05) is 26.6 Å². The fraction of sp³-hybridized carbons (Fsp3) is 0.278. The summed E-state index contributed by atoms with van der Waals surface area (Å²) in [4.78, 5) is 11.2. The van der Waals surface area contributed by atoms with E-state index in [2.05, 4.69) is 5.32 Å². The molecule has 0 unspecified atom stereocenters. The topological polar surface area (TPSA) is 77.0 Å². The van der Waals surface area contributed by atoms with Gasteiger partial charge < -0.3 is 24.6 Å². The monoisotopic (exact) mass is 331 g/mol. The Morgan fingerprint density at radius 2 is 1.75 bits per heavy atom. The zero-order valence-electron chi connectivity index (χ0n) is 14.2. The Morgan fingerprint density at radius 1 is 1.04 bits per heavy atom. The third-order valence-corrected chi connectivity index (χ3v) is 3.82. The molecule has 2 rings (SSSR count). The predicted molar refractivity (Wildman–Crippen MR) is 91.6 cm³/mol. The Hall–Kier alpha value is -2.89. The molecule has 2 aromatic rings. The molecule has 0 heterocycles. The Morgan fingerprint density at radius 3 is 2.33 bits per heavy atom. The van der Waals surface area contributed by atoms with Gasteiger partial charge in [0.2, 0.25) is 5.75 Å². The normalized spacial score (nSPS) is 10.2. The maximum absolute atomic E-state index is 11.2. The van der Waals surface area contributed by atoms with Crippen LogP contribution in [0.4, 0.5) is 5.69 Å². The Bertz CT molecular complexity index is 742. The van der Waals surface area contributed by atoms with Gasteiger partial charge >= 0.3 is 5.97 Å². The summed E-state index contributed by atoms with van der Waals surface area (Å²) in [5.74, 6) is 0.744. The molecule has 0 radical (unpaired) electrons. The van der Waals surface area contributed by atoms with Crippen molar-refractivity contribution in [2.45, 2.75) is 13.5 Å². The van der Waals surface area contributed by atoms with Gasteiger partial charge in [0.15, 0.2) is 11.5 Å². The molecule has 0 bridgehead atoms. The maximum Gasteiger partial charge on any atom is 0.336 e. The number of carboxylic acids is 1. The van der Waals surface area contributed by atoms with Crippen LogP contribution in [0.25, 0.3) is 0 Å². The van der Waals surface area contributed by atoms with Crippen LogP contribution in [0.15, 0.2) is 30.3 Å². The van der Waals surface area contributed by atoms with Crippen molar-refractivity contribution in [1.82, 2.24) is 0 Å². The zero-order valence-corrected chi connectivity index (χ0v) is 14.2. The predicted octanol–water partition coefficient (Wildman–Crippen LogP) is 3.33. The van der Waals surface area contributed by atoms with Crippen LogP contribution >= 0.6 is 0 Å². The third-order valence-electron chi connectivity index (χ3n) is 3.82. The standard InChI is InChI=1S/C18H21NO5/c1-11-13(18(20)21)6-5-7-14(11)19-10-12-8-9-15(22-2)17(24-4)16(12)23-3/h5-9,19H,10H2,1-4H3,(H,20,21). The molecule has 0 aromatic heterocycles. The highest BCUT2D eigenvalue weighted by Crippen LogP contribution is 2.40. The van der Waals surface area contributed by atoms with Gasteiger partial charge in [-0.1, -0.05) is 6.07 Å². The van der Waals surface area contributed by atoms with Gasteiger partial charge in [-0.3, -0.25) is 0 Å².